The molecular weight excluding hydrogens is 408 g/mol. The van der Waals surface area contributed by atoms with Crippen molar-refractivity contribution in [3.05, 3.63) is 36.0 Å². The van der Waals surface area contributed by atoms with Gasteiger partial charge in [-0.25, -0.2) is 23.5 Å². The molecular formula is C21H23F2N5O3. The predicted molar refractivity (Wildman–Crippen MR) is 108 cm³/mol. The number of anilines is 1. The number of hydrogen-bond donors (Lipinski definition) is 1. The Balaban J connectivity index is 1.75. The number of nitriles is 1. The molecule has 2 aromatic rings. The number of nitrogens with zero attached hydrogens (tertiary/aromatic N) is 4. The Hall–Kier alpha value is -3.48. The minimum atomic E-state index is -3.32. The summed E-state index contributed by atoms with van der Waals surface area (Å²) in [5, 5.41) is 9.48. The van der Waals surface area contributed by atoms with E-state index in [0.29, 0.717) is 11.3 Å². The van der Waals surface area contributed by atoms with Crippen molar-refractivity contribution in [3.63, 3.8) is 0 Å². The Labute approximate surface area is 178 Å². The smallest absolute Gasteiger partial charge is 0.410 e. The Morgan fingerprint density at radius 1 is 1.35 bits per heavy atom. The fourth-order valence-electron chi connectivity index (χ4n) is 3.11. The van der Waals surface area contributed by atoms with Gasteiger partial charge in [0.2, 0.25) is 5.95 Å². The number of aromatic nitrogens is 2. The van der Waals surface area contributed by atoms with Crippen LogP contribution in [0.2, 0.25) is 0 Å². The lowest BCUT2D eigenvalue weighted by Gasteiger charge is -2.38. The van der Waals surface area contributed by atoms with Crippen molar-refractivity contribution in [2.24, 2.45) is 0 Å². The van der Waals surface area contributed by atoms with Crippen molar-refractivity contribution < 1.29 is 23.0 Å². The summed E-state index contributed by atoms with van der Waals surface area (Å²) in [6, 6.07) is 8.12. The van der Waals surface area contributed by atoms with Gasteiger partial charge in [0, 0.05) is 24.7 Å². The quantitative estimate of drug-likeness (QED) is 0.789. The first kappa shape index (κ1) is 22.2. The number of halogens is 2. The summed E-state index contributed by atoms with van der Waals surface area (Å²) in [6.07, 6.45) is -0.912. The molecule has 164 valence electrons. The molecule has 1 aliphatic rings. The van der Waals surface area contributed by atoms with E-state index in [4.69, 9.17) is 15.2 Å². The fraction of sp³-hybridized carbons (Fsp3) is 0.429. The predicted octanol–water partition coefficient (Wildman–Crippen LogP) is 3.62. The van der Waals surface area contributed by atoms with E-state index in [1.165, 1.54) is 18.3 Å². The van der Waals surface area contributed by atoms with Gasteiger partial charge in [0.1, 0.15) is 17.4 Å². The zero-order valence-corrected chi connectivity index (χ0v) is 17.4. The summed E-state index contributed by atoms with van der Waals surface area (Å²) in [5.74, 6) is -3.21. The number of piperidine rings is 1. The molecule has 0 aliphatic carbocycles. The Morgan fingerprint density at radius 3 is 2.71 bits per heavy atom. The minimum Gasteiger partial charge on any atom is -0.483 e. The van der Waals surface area contributed by atoms with Crippen LogP contribution in [0.25, 0.3) is 11.3 Å². The van der Waals surface area contributed by atoms with E-state index < -0.39 is 30.3 Å². The number of nitrogen functional groups attached to an aromatic ring is 1. The second kappa shape index (κ2) is 8.34. The minimum absolute atomic E-state index is 0.0312. The number of amides is 1. The van der Waals surface area contributed by atoms with Crippen LogP contribution in [0.3, 0.4) is 0 Å². The molecule has 1 saturated heterocycles. The Morgan fingerprint density at radius 2 is 2.10 bits per heavy atom. The first-order chi connectivity index (χ1) is 14.5. The van der Waals surface area contributed by atoms with Gasteiger partial charge in [-0.1, -0.05) is 0 Å². The molecule has 1 aromatic carbocycles. The molecule has 1 amide bonds. The molecule has 3 rings (SSSR count). The number of nitrogens with two attached hydrogens (primary N) is 1. The summed E-state index contributed by atoms with van der Waals surface area (Å²) in [5.41, 5.74) is 5.95. The first-order valence-electron chi connectivity index (χ1n) is 9.64. The van der Waals surface area contributed by atoms with Gasteiger partial charge in [0.25, 0.3) is 0 Å². The van der Waals surface area contributed by atoms with Crippen LogP contribution in [0.15, 0.2) is 30.5 Å². The summed E-state index contributed by atoms with van der Waals surface area (Å²) < 4.78 is 40.2. The van der Waals surface area contributed by atoms with E-state index in [2.05, 4.69) is 9.97 Å². The van der Waals surface area contributed by atoms with Gasteiger partial charge in [0.05, 0.1) is 17.8 Å². The number of hydrogen-bond acceptors (Lipinski definition) is 7. The maximum Gasteiger partial charge on any atom is 0.410 e. The van der Waals surface area contributed by atoms with Crippen LogP contribution in [0.1, 0.15) is 32.8 Å². The van der Waals surface area contributed by atoms with Gasteiger partial charge in [-0.05, 0) is 45.0 Å². The second-order valence-electron chi connectivity index (χ2n) is 8.18. The number of likely N-dealkylation sites (tertiary alicyclic amines) is 1. The molecule has 10 heteroatoms. The molecule has 0 bridgehead atoms. The number of ether oxygens (including phenoxy) is 2. The Bertz CT molecular complexity index is 1020. The van der Waals surface area contributed by atoms with Gasteiger partial charge in [-0.2, -0.15) is 5.26 Å². The highest BCUT2D eigenvalue weighted by molar-refractivity contribution is 5.68. The average Bonchev–Trinajstić information content (AvgIpc) is 2.68. The fourth-order valence-corrected chi connectivity index (χ4v) is 3.11. The molecule has 2 heterocycles. The van der Waals surface area contributed by atoms with Crippen molar-refractivity contribution in [1.82, 2.24) is 14.9 Å². The number of carbonyl (C=O) groups is 1. The summed E-state index contributed by atoms with van der Waals surface area (Å²) in [6.45, 7) is 4.23. The summed E-state index contributed by atoms with van der Waals surface area (Å²) in [7, 11) is 0. The lowest BCUT2D eigenvalue weighted by Crippen LogP contribution is -2.56. The highest BCUT2D eigenvalue weighted by Crippen LogP contribution is 2.34. The van der Waals surface area contributed by atoms with Gasteiger partial charge in [0.15, 0.2) is 6.10 Å². The van der Waals surface area contributed by atoms with Crippen molar-refractivity contribution >= 4 is 12.0 Å². The van der Waals surface area contributed by atoms with Crippen LogP contribution in [0.4, 0.5) is 19.5 Å². The van der Waals surface area contributed by atoms with Crippen molar-refractivity contribution in [2.75, 3.05) is 18.8 Å². The lowest BCUT2D eigenvalue weighted by molar-refractivity contribution is -0.137. The molecule has 2 N–H and O–H groups in total. The van der Waals surface area contributed by atoms with Crippen molar-refractivity contribution in [3.8, 4) is 23.1 Å². The lowest BCUT2D eigenvalue weighted by atomic mass is 10.0. The highest BCUT2D eigenvalue weighted by atomic mass is 19.3. The number of benzene rings is 1. The number of carbonyl (C=O) groups excluding carboxylic acids is 1. The maximum absolute atomic E-state index is 14.7. The van der Waals surface area contributed by atoms with Gasteiger partial charge in [-0.15, -0.1) is 0 Å². The number of alkyl halides is 2. The van der Waals surface area contributed by atoms with Crippen LogP contribution < -0.4 is 10.5 Å². The average molecular weight is 431 g/mol. The molecule has 1 fully saturated rings. The van der Waals surface area contributed by atoms with Gasteiger partial charge < -0.3 is 20.1 Å². The van der Waals surface area contributed by atoms with E-state index in [-0.39, 0.29) is 30.2 Å². The van der Waals surface area contributed by atoms with E-state index in [1.807, 2.05) is 6.07 Å². The SMILES string of the molecule is CC(C)(C)OC(=O)N1CC[C@H](Oc2ccc(-c3ccnc(N)n3)cc2C#N)C(F)(F)C1. The molecule has 0 radical (unpaired) electrons. The third-order valence-corrected chi connectivity index (χ3v) is 4.52. The van der Waals surface area contributed by atoms with Gasteiger partial charge in [-0.3, -0.25) is 0 Å². The van der Waals surface area contributed by atoms with E-state index in [0.717, 1.165) is 4.90 Å². The molecule has 8 nitrogen and oxygen atoms in total. The summed E-state index contributed by atoms with van der Waals surface area (Å²) >= 11 is 0. The van der Waals surface area contributed by atoms with Crippen molar-refractivity contribution in [1.29, 1.82) is 5.26 Å². The van der Waals surface area contributed by atoms with Crippen LogP contribution >= 0.6 is 0 Å². The normalized spacial score (nSPS) is 18.2. The molecule has 31 heavy (non-hydrogen) atoms. The zero-order valence-electron chi connectivity index (χ0n) is 17.4. The first-order valence-corrected chi connectivity index (χ1v) is 9.64. The molecule has 0 saturated carbocycles. The van der Waals surface area contributed by atoms with Crippen molar-refractivity contribution in [2.45, 2.75) is 44.8 Å². The molecule has 0 spiro atoms. The van der Waals surface area contributed by atoms with Crippen LogP contribution in [0, 0.1) is 11.3 Å². The highest BCUT2D eigenvalue weighted by Gasteiger charge is 2.48. The molecule has 1 atom stereocenters. The topological polar surface area (TPSA) is 114 Å². The van der Waals surface area contributed by atoms with E-state index >= 15 is 0 Å². The Kier molecular flexibility index (Phi) is 5.97. The third-order valence-electron chi connectivity index (χ3n) is 4.52. The molecule has 0 unspecified atom stereocenters. The molecule has 1 aromatic heterocycles. The van der Waals surface area contributed by atoms with Crippen LogP contribution in [-0.2, 0) is 4.74 Å². The van der Waals surface area contributed by atoms with Crippen LogP contribution in [-0.4, -0.2) is 51.7 Å². The molecule has 1 aliphatic heterocycles. The van der Waals surface area contributed by atoms with Gasteiger partial charge >= 0.3 is 12.0 Å². The monoisotopic (exact) mass is 431 g/mol. The zero-order chi connectivity index (χ0) is 22.8. The second-order valence-corrected chi connectivity index (χ2v) is 8.18. The summed E-state index contributed by atoms with van der Waals surface area (Å²) in [4.78, 5) is 21.0. The maximum atomic E-state index is 14.7. The largest absolute Gasteiger partial charge is 0.483 e. The standard InChI is InChI=1S/C21H23F2N5O3/c1-20(2,3)31-19(29)28-9-7-17(21(22,23)12-28)30-16-5-4-13(10-14(16)11-24)15-6-8-26-18(25)27-15/h4-6,8,10,17H,7,9,12H2,1-3H3,(H2,25,26,27)/t17-/m0/s1. The van der Waals surface area contributed by atoms with Crippen LogP contribution in [0.5, 0.6) is 5.75 Å². The third kappa shape index (κ3) is 5.36. The van der Waals surface area contributed by atoms with E-state index in [1.54, 1.807) is 32.9 Å². The van der Waals surface area contributed by atoms with E-state index in [9.17, 15) is 18.8 Å². The number of rotatable bonds is 3.